The highest BCUT2D eigenvalue weighted by molar-refractivity contribution is 6.32. The van der Waals surface area contributed by atoms with Crippen molar-refractivity contribution in [3.63, 3.8) is 0 Å². The number of benzene rings is 3. The average Bonchev–Trinajstić information content (AvgIpc) is 2.84. The molecule has 0 aliphatic heterocycles. The second-order valence-corrected chi connectivity index (χ2v) is 7.99. The number of nitrogens with one attached hydrogen (secondary N) is 1. The summed E-state index contributed by atoms with van der Waals surface area (Å²) in [6.07, 6.45) is 1.59. The maximum Gasteiger partial charge on any atom is 0.244 e. The highest BCUT2D eigenvalue weighted by atomic mass is 35.5. The number of nitrogens with zero attached hydrogens (tertiary/aromatic N) is 4. The van der Waals surface area contributed by atoms with Crippen LogP contribution in [-0.2, 0) is 0 Å². The molecule has 0 saturated carbocycles. The van der Waals surface area contributed by atoms with Crippen LogP contribution in [0.1, 0.15) is 5.56 Å². The Kier molecular flexibility index (Phi) is 5.77. The maximum atomic E-state index is 6.38. The van der Waals surface area contributed by atoms with Gasteiger partial charge in [-0.3, -0.25) is 0 Å². The van der Waals surface area contributed by atoms with Gasteiger partial charge in [0.2, 0.25) is 5.95 Å². The molecule has 0 radical (unpaired) electrons. The first kappa shape index (κ1) is 21.1. The molecule has 0 fully saturated rings. The van der Waals surface area contributed by atoms with Gasteiger partial charge in [-0.25, -0.2) is 20.4 Å². The van der Waals surface area contributed by atoms with Crippen molar-refractivity contribution in [2.24, 2.45) is 5.10 Å². The van der Waals surface area contributed by atoms with E-state index in [9.17, 15) is 0 Å². The lowest BCUT2D eigenvalue weighted by atomic mass is 10.1. The molecule has 0 unspecified atom stereocenters. The van der Waals surface area contributed by atoms with Crippen molar-refractivity contribution in [3.8, 4) is 17.0 Å². The molecular weight excluding hydrogens is 457 g/mol. The predicted molar refractivity (Wildman–Crippen MR) is 135 cm³/mol. The van der Waals surface area contributed by atoms with Crippen LogP contribution < -0.4 is 10.2 Å². The molecule has 0 saturated heterocycles. The zero-order chi connectivity index (χ0) is 22.8. The fourth-order valence-electron chi connectivity index (χ4n) is 3.55. The van der Waals surface area contributed by atoms with Crippen molar-refractivity contribution in [2.45, 2.75) is 0 Å². The standard InChI is InChI=1S/C25H17Cl2N5O/c1-33-21-9-5-8-16-12-17(24(27)30-23(16)21)14-28-32-25-29-20-11-10-18(26)13-19(20)22(31-25)15-6-3-2-4-7-15/h2-14H,1H3,(H,29,31,32)/b28-14+. The smallest absolute Gasteiger partial charge is 0.244 e. The third-order valence-electron chi connectivity index (χ3n) is 5.08. The number of ether oxygens (including phenoxy) is 1. The van der Waals surface area contributed by atoms with Crippen LogP contribution in [0.25, 0.3) is 33.1 Å². The summed E-state index contributed by atoms with van der Waals surface area (Å²) in [7, 11) is 1.60. The Morgan fingerprint density at radius 1 is 0.909 bits per heavy atom. The number of para-hydroxylation sites is 1. The SMILES string of the molecule is COc1cccc2cc(/C=N/Nc3nc(-c4ccccc4)c4cc(Cl)ccc4n3)c(Cl)nc12. The molecule has 2 heterocycles. The quantitative estimate of drug-likeness (QED) is 0.176. The lowest BCUT2D eigenvalue weighted by molar-refractivity contribution is 0.419. The Morgan fingerprint density at radius 2 is 1.76 bits per heavy atom. The van der Waals surface area contributed by atoms with Gasteiger partial charge >= 0.3 is 0 Å². The molecule has 2 aromatic heterocycles. The summed E-state index contributed by atoms with van der Waals surface area (Å²) in [5, 5.41) is 6.99. The zero-order valence-corrected chi connectivity index (χ0v) is 19.0. The van der Waals surface area contributed by atoms with Gasteiger partial charge in [0.15, 0.2) is 0 Å². The molecule has 0 aliphatic carbocycles. The van der Waals surface area contributed by atoms with Crippen LogP contribution in [0, 0.1) is 0 Å². The number of hydrogen-bond donors (Lipinski definition) is 1. The number of pyridine rings is 1. The Labute approximate surface area is 199 Å². The minimum Gasteiger partial charge on any atom is -0.494 e. The summed E-state index contributed by atoms with van der Waals surface area (Å²) in [4.78, 5) is 13.7. The van der Waals surface area contributed by atoms with Crippen molar-refractivity contribution in [1.82, 2.24) is 15.0 Å². The molecule has 8 heteroatoms. The molecule has 33 heavy (non-hydrogen) atoms. The van der Waals surface area contributed by atoms with Gasteiger partial charge in [0.25, 0.3) is 0 Å². The average molecular weight is 474 g/mol. The Balaban J connectivity index is 1.50. The number of halogens is 2. The lowest BCUT2D eigenvalue weighted by Crippen LogP contribution is -2.00. The number of fused-ring (bicyclic) bond motifs is 2. The number of hydrazone groups is 1. The normalized spacial score (nSPS) is 11.4. The van der Waals surface area contributed by atoms with E-state index < -0.39 is 0 Å². The predicted octanol–water partition coefficient (Wildman–Crippen LogP) is 6.61. The summed E-state index contributed by atoms with van der Waals surface area (Å²) in [5.74, 6) is 1.01. The van der Waals surface area contributed by atoms with Gasteiger partial charge in [-0.1, -0.05) is 65.7 Å². The van der Waals surface area contributed by atoms with Crippen LogP contribution in [-0.4, -0.2) is 28.3 Å². The summed E-state index contributed by atoms with van der Waals surface area (Å²) < 4.78 is 5.36. The minimum atomic E-state index is 0.316. The maximum absolute atomic E-state index is 6.38. The Morgan fingerprint density at radius 3 is 2.58 bits per heavy atom. The zero-order valence-electron chi connectivity index (χ0n) is 17.5. The Hall–Kier alpha value is -3.74. The van der Waals surface area contributed by atoms with E-state index in [-0.39, 0.29) is 0 Å². The first-order chi connectivity index (χ1) is 16.1. The van der Waals surface area contributed by atoms with E-state index in [4.69, 9.17) is 27.9 Å². The molecule has 0 spiro atoms. The second-order valence-electron chi connectivity index (χ2n) is 7.19. The van der Waals surface area contributed by atoms with Crippen LogP contribution in [0.2, 0.25) is 10.2 Å². The topological polar surface area (TPSA) is 72.3 Å². The van der Waals surface area contributed by atoms with E-state index in [2.05, 4.69) is 25.5 Å². The van der Waals surface area contributed by atoms with E-state index in [1.54, 1.807) is 19.4 Å². The molecule has 162 valence electrons. The van der Waals surface area contributed by atoms with Gasteiger partial charge in [-0.05, 0) is 30.3 Å². The number of aromatic nitrogens is 3. The molecule has 5 rings (SSSR count). The van der Waals surface area contributed by atoms with Gasteiger partial charge in [0.1, 0.15) is 16.4 Å². The van der Waals surface area contributed by atoms with Crippen molar-refractivity contribution < 1.29 is 4.74 Å². The molecule has 5 aromatic rings. The van der Waals surface area contributed by atoms with E-state index in [0.717, 1.165) is 27.5 Å². The van der Waals surface area contributed by atoms with E-state index in [1.807, 2.05) is 66.7 Å². The van der Waals surface area contributed by atoms with Crippen molar-refractivity contribution in [2.75, 3.05) is 12.5 Å². The highest BCUT2D eigenvalue weighted by Gasteiger charge is 2.11. The highest BCUT2D eigenvalue weighted by Crippen LogP contribution is 2.30. The minimum absolute atomic E-state index is 0.316. The summed E-state index contributed by atoms with van der Waals surface area (Å²) >= 11 is 12.6. The third kappa shape index (κ3) is 4.31. The molecule has 3 aromatic carbocycles. The van der Waals surface area contributed by atoms with Crippen molar-refractivity contribution in [1.29, 1.82) is 0 Å². The van der Waals surface area contributed by atoms with E-state index >= 15 is 0 Å². The van der Waals surface area contributed by atoms with Crippen LogP contribution in [0.15, 0.2) is 77.9 Å². The Bertz CT molecular complexity index is 1510. The lowest BCUT2D eigenvalue weighted by Gasteiger charge is -2.09. The summed E-state index contributed by atoms with van der Waals surface area (Å²) in [6.45, 7) is 0. The van der Waals surface area contributed by atoms with E-state index in [1.165, 1.54) is 0 Å². The second kappa shape index (κ2) is 9.02. The monoisotopic (exact) mass is 473 g/mol. The molecule has 1 N–H and O–H groups in total. The van der Waals surface area contributed by atoms with Crippen LogP contribution in [0.3, 0.4) is 0 Å². The number of hydrogen-bond acceptors (Lipinski definition) is 6. The summed E-state index contributed by atoms with van der Waals surface area (Å²) in [5.41, 5.74) is 6.73. The number of anilines is 1. The van der Waals surface area contributed by atoms with Gasteiger partial charge in [0, 0.05) is 26.9 Å². The first-order valence-electron chi connectivity index (χ1n) is 10.1. The molecule has 0 aliphatic rings. The largest absolute Gasteiger partial charge is 0.494 e. The third-order valence-corrected chi connectivity index (χ3v) is 5.62. The van der Waals surface area contributed by atoms with Gasteiger partial charge in [-0.15, -0.1) is 0 Å². The van der Waals surface area contributed by atoms with Crippen LogP contribution in [0.4, 0.5) is 5.95 Å². The van der Waals surface area contributed by atoms with E-state index in [0.29, 0.717) is 33.0 Å². The molecular formula is C25H17Cl2N5O. The first-order valence-corrected chi connectivity index (χ1v) is 10.8. The van der Waals surface area contributed by atoms with Crippen molar-refractivity contribution >= 4 is 57.2 Å². The molecule has 0 amide bonds. The van der Waals surface area contributed by atoms with Gasteiger partial charge < -0.3 is 4.74 Å². The molecule has 6 nitrogen and oxygen atoms in total. The summed E-state index contributed by atoms with van der Waals surface area (Å²) in [6, 6.07) is 23.0. The number of methoxy groups -OCH3 is 1. The fraction of sp³-hybridized carbons (Fsp3) is 0.0400. The van der Waals surface area contributed by atoms with Crippen LogP contribution in [0.5, 0.6) is 5.75 Å². The molecule has 0 atom stereocenters. The van der Waals surface area contributed by atoms with Gasteiger partial charge in [0.05, 0.1) is 24.5 Å². The van der Waals surface area contributed by atoms with Crippen molar-refractivity contribution in [3.05, 3.63) is 88.5 Å². The van der Waals surface area contributed by atoms with Gasteiger partial charge in [-0.2, -0.15) is 5.10 Å². The van der Waals surface area contributed by atoms with Crippen LogP contribution >= 0.6 is 23.2 Å². The fourth-order valence-corrected chi connectivity index (χ4v) is 3.91. The molecule has 0 bridgehead atoms. The number of rotatable bonds is 5.